The fraction of sp³-hybridized carbons (Fsp3) is 0.364. The predicted octanol–water partition coefficient (Wildman–Crippen LogP) is 1.65. The number of hydrogen-bond acceptors (Lipinski definition) is 3. The molecule has 0 heterocycles. The van der Waals surface area contributed by atoms with E-state index in [-0.39, 0.29) is 5.84 Å². The molecule has 1 rings (SSSR count). The van der Waals surface area contributed by atoms with Gasteiger partial charge in [0, 0.05) is 25.7 Å². The topological polar surface area (TPSA) is 61.8 Å². The second-order valence-electron chi connectivity index (χ2n) is 3.45. The van der Waals surface area contributed by atoms with Crippen molar-refractivity contribution < 1.29 is 5.21 Å². The molecule has 0 spiro atoms. The third-order valence-corrected chi connectivity index (χ3v) is 2.25. The van der Waals surface area contributed by atoms with Crippen LogP contribution in [0.3, 0.4) is 0 Å². The number of nitrogens with two attached hydrogens (primary N) is 1. The minimum absolute atomic E-state index is 0.288. The molecule has 0 atom stereocenters. The smallest absolute Gasteiger partial charge is 0.139 e. The molecule has 82 valence electrons. The highest BCUT2D eigenvalue weighted by atomic mass is 16.4. The summed E-state index contributed by atoms with van der Waals surface area (Å²) < 4.78 is 0. The molecule has 0 unspecified atom stereocenters. The van der Waals surface area contributed by atoms with Crippen molar-refractivity contribution in [2.24, 2.45) is 10.9 Å². The molecule has 0 aliphatic carbocycles. The van der Waals surface area contributed by atoms with Crippen molar-refractivity contribution in [3.8, 4) is 0 Å². The van der Waals surface area contributed by atoms with Crippen molar-refractivity contribution in [1.82, 2.24) is 0 Å². The minimum atomic E-state index is 0.288. The lowest BCUT2D eigenvalue weighted by molar-refractivity contribution is 0.316. The van der Waals surface area contributed by atoms with Gasteiger partial charge in [-0.1, -0.05) is 23.4 Å². The van der Waals surface area contributed by atoms with Gasteiger partial charge >= 0.3 is 0 Å². The molecule has 0 radical (unpaired) electrons. The van der Waals surface area contributed by atoms with Gasteiger partial charge in [-0.15, -0.1) is 0 Å². The molecule has 0 saturated heterocycles. The average molecular weight is 207 g/mol. The molecule has 1 aromatic rings. The summed E-state index contributed by atoms with van der Waals surface area (Å²) in [6.07, 6.45) is 1.50. The molecule has 15 heavy (non-hydrogen) atoms. The summed E-state index contributed by atoms with van der Waals surface area (Å²) in [5, 5.41) is 11.3. The van der Waals surface area contributed by atoms with E-state index in [1.54, 1.807) is 0 Å². The van der Waals surface area contributed by atoms with Crippen LogP contribution in [0.25, 0.3) is 0 Å². The van der Waals surface area contributed by atoms with Crippen molar-refractivity contribution in [2.75, 3.05) is 18.5 Å². The van der Waals surface area contributed by atoms with Gasteiger partial charge in [-0.05, 0) is 18.6 Å². The van der Waals surface area contributed by atoms with Crippen LogP contribution in [0.2, 0.25) is 0 Å². The van der Waals surface area contributed by atoms with E-state index in [0.717, 1.165) is 13.0 Å². The zero-order chi connectivity index (χ0) is 11.1. The van der Waals surface area contributed by atoms with Crippen LogP contribution >= 0.6 is 0 Å². The molecule has 4 heteroatoms. The molecule has 0 fully saturated rings. The van der Waals surface area contributed by atoms with Gasteiger partial charge in [-0.25, -0.2) is 0 Å². The van der Waals surface area contributed by atoms with E-state index >= 15 is 0 Å². The molecule has 4 nitrogen and oxygen atoms in total. The number of nitrogens with zero attached hydrogens (tertiary/aromatic N) is 2. The molecule has 0 aromatic heterocycles. The lowest BCUT2D eigenvalue weighted by Gasteiger charge is -2.18. The molecule has 3 N–H and O–H groups in total. The highest BCUT2D eigenvalue weighted by molar-refractivity contribution is 5.79. The molecule has 1 aromatic carbocycles. The van der Waals surface area contributed by atoms with Crippen molar-refractivity contribution in [1.29, 1.82) is 0 Å². The molecule has 0 aliphatic rings. The van der Waals surface area contributed by atoms with Crippen LogP contribution in [0.15, 0.2) is 35.5 Å². The highest BCUT2D eigenvalue weighted by Crippen LogP contribution is 2.11. The summed E-state index contributed by atoms with van der Waals surface area (Å²) in [4.78, 5) is 2.14. The Hall–Kier alpha value is -1.71. The minimum Gasteiger partial charge on any atom is -0.409 e. The number of anilines is 1. The Morgan fingerprint density at radius 1 is 1.40 bits per heavy atom. The Morgan fingerprint density at radius 2 is 2.07 bits per heavy atom. The van der Waals surface area contributed by atoms with E-state index in [4.69, 9.17) is 10.9 Å². The van der Waals surface area contributed by atoms with Gasteiger partial charge in [0.05, 0.1) is 0 Å². The number of rotatable bonds is 5. The van der Waals surface area contributed by atoms with Crippen molar-refractivity contribution >= 4 is 11.5 Å². The molecule has 0 amide bonds. The molecular formula is C11H17N3O. The lowest BCUT2D eigenvalue weighted by atomic mass is 10.2. The summed E-state index contributed by atoms with van der Waals surface area (Å²) in [5.41, 5.74) is 6.56. The summed E-state index contributed by atoms with van der Waals surface area (Å²) in [5.74, 6) is 0.288. The quantitative estimate of drug-likeness (QED) is 0.334. The SMILES string of the molecule is CN(CCC/C(N)=N/O)c1ccccc1. The lowest BCUT2D eigenvalue weighted by Crippen LogP contribution is -2.20. The Labute approximate surface area is 90.0 Å². The van der Waals surface area contributed by atoms with Crippen LogP contribution in [-0.4, -0.2) is 24.6 Å². The average Bonchev–Trinajstić information content (AvgIpc) is 2.29. The van der Waals surface area contributed by atoms with Gasteiger partial charge in [0.1, 0.15) is 5.84 Å². The number of para-hydroxylation sites is 1. The summed E-state index contributed by atoms with van der Waals surface area (Å²) in [7, 11) is 2.03. The second-order valence-corrected chi connectivity index (χ2v) is 3.45. The fourth-order valence-corrected chi connectivity index (χ4v) is 1.36. The third kappa shape index (κ3) is 3.89. The van der Waals surface area contributed by atoms with Gasteiger partial charge in [-0.2, -0.15) is 0 Å². The van der Waals surface area contributed by atoms with Crippen molar-refractivity contribution in [3.05, 3.63) is 30.3 Å². The zero-order valence-electron chi connectivity index (χ0n) is 8.93. The van der Waals surface area contributed by atoms with Gasteiger partial charge < -0.3 is 15.8 Å². The number of benzene rings is 1. The van der Waals surface area contributed by atoms with E-state index in [1.807, 2.05) is 25.2 Å². The number of oxime groups is 1. The van der Waals surface area contributed by atoms with Crippen LogP contribution in [0.4, 0.5) is 5.69 Å². The first kappa shape index (κ1) is 11.4. The fourth-order valence-electron chi connectivity index (χ4n) is 1.36. The number of hydrogen-bond donors (Lipinski definition) is 2. The van der Waals surface area contributed by atoms with Crippen molar-refractivity contribution in [3.63, 3.8) is 0 Å². The van der Waals surface area contributed by atoms with Gasteiger partial charge in [0.15, 0.2) is 0 Å². The van der Waals surface area contributed by atoms with E-state index in [9.17, 15) is 0 Å². The number of amidine groups is 1. The summed E-state index contributed by atoms with van der Waals surface area (Å²) in [6.45, 7) is 0.889. The van der Waals surface area contributed by atoms with E-state index in [1.165, 1.54) is 5.69 Å². The maximum atomic E-state index is 8.37. The first-order chi connectivity index (χ1) is 7.24. The monoisotopic (exact) mass is 207 g/mol. The van der Waals surface area contributed by atoms with Gasteiger partial charge in [0.25, 0.3) is 0 Å². The molecule has 0 bridgehead atoms. The van der Waals surface area contributed by atoms with Gasteiger partial charge in [0.2, 0.25) is 0 Å². The Balaban J connectivity index is 2.34. The van der Waals surface area contributed by atoms with E-state index in [0.29, 0.717) is 6.42 Å². The van der Waals surface area contributed by atoms with Crippen LogP contribution < -0.4 is 10.6 Å². The Morgan fingerprint density at radius 3 is 2.67 bits per heavy atom. The Kier molecular flexibility index (Phi) is 4.47. The first-order valence-corrected chi connectivity index (χ1v) is 4.96. The van der Waals surface area contributed by atoms with Crippen LogP contribution in [-0.2, 0) is 0 Å². The normalized spacial score (nSPS) is 11.4. The maximum absolute atomic E-state index is 8.37. The third-order valence-electron chi connectivity index (χ3n) is 2.25. The summed E-state index contributed by atoms with van der Waals surface area (Å²) in [6, 6.07) is 10.1. The first-order valence-electron chi connectivity index (χ1n) is 4.96. The predicted molar refractivity (Wildman–Crippen MR) is 62.4 cm³/mol. The standard InChI is InChI=1S/C11H17N3O/c1-14(9-5-8-11(12)13-15)10-6-3-2-4-7-10/h2-4,6-7,15H,5,8-9H2,1H3,(H2,12,13). The largest absolute Gasteiger partial charge is 0.409 e. The summed E-state index contributed by atoms with van der Waals surface area (Å²) >= 11 is 0. The van der Waals surface area contributed by atoms with E-state index < -0.39 is 0 Å². The second kappa shape index (κ2) is 5.90. The molecule has 0 aliphatic heterocycles. The maximum Gasteiger partial charge on any atom is 0.139 e. The van der Waals surface area contributed by atoms with E-state index in [2.05, 4.69) is 22.2 Å². The van der Waals surface area contributed by atoms with Crippen molar-refractivity contribution in [2.45, 2.75) is 12.8 Å². The van der Waals surface area contributed by atoms with Crippen LogP contribution in [0, 0.1) is 0 Å². The van der Waals surface area contributed by atoms with Crippen LogP contribution in [0.5, 0.6) is 0 Å². The Bertz CT molecular complexity index is 311. The van der Waals surface area contributed by atoms with Gasteiger partial charge in [-0.3, -0.25) is 0 Å². The van der Waals surface area contributed by atoms with Crippen LogP contribution in [0.1, 0.15) is 12.8 Å². The molecular weight excluding hydrogens is 190 g/mol. The zero-order valence-corrected chi connectivity index (χ0v) is 8.93. The molecule has 0 saturated carbocycles. The highest BCUT2D eigenvalue weighted by Gasteiger charge is 2.00.